The summed E-state index contributed by atoms with van der Waals surface area (Å²) in [6.45, 7) is 5.34. The molecule has 0 unspecified atom stereocenters. The van der Waals surface area contributed by atoms with E-state index in [1.54, 1.807) is 12.1 Å². The number of benzene rings is 2. The van der Waals surface area contributed by atoms with Gasteiger partial charge in [-0.2, -0.15) is 0 Å². The zero-order chi connectivity index (χ0) is 19.8. The number of aromatic nitrogens is 1. The van der Waals surface area contributed by atoms with Gasteiger partial charge >= 0.3 is 0 Å². The lowest BCUT2D eigenvalue weighted by molar-refractivity contribution is -0.117. The van der Waals surface area contributed by atoms with E-state index in [9.17, 15) is 9.59 Å². The van der Waals surface area contributed by atoms with Crippen LogP contribution in [-0.4, -0.2) is 28.9 Å². The molecule has 144 valence electrons. The summed E-state index contributed by atoms with van der Waals surface area (Å²) in [5, 5.41) is 4.22. The molecule has 0 radical (unpaired) electrons. The fourth-order valence-corrected chi connectivity index (χ4v) is 3.93. The highest BCUT2D eigenvalue weighted by Crippen LogP contribution is 2.25. The van der Waals surface area contributed by atoms with Gasteiger partial charge in [-0.15, -0.1) is 0 Å². The molecule has 1 aliphatic rings. The van der Waals surface area contributed by atoms with Gasteiger partial charge in [-0.1, -0.05) is 23.7 Å². The van der Waals surface area contributed by atoms with Gasteiger partial charge < -0.3 is 10.3 Å². The van der Waals surface area contributed by atoms with E-state index in [2.05, 4.69) is 10.3 Å². The van der Waals surface area contributed by atoms with Crippen molar-refractivity contribution in [2.75, 3.05) is 18.4 Å². The van der Waals surface area contributed by atoms with E-state index >= 15 is 0 Å². The minimum absolute atomic E-state index is 0.0207. The number of nitrogens with one attached hydrogen (secondary N) is 2. The Balaban J connectivity index is 1.54. The fourth-order valence-electron chi connectivity index (χ4n) is 3.78. The lowest BCUT2D eigenvalue weighted by atomic mass is 10.0. The number of hydrogen-bond donors (Lipinski definition) is 2. The highest BCUT2D eigenvalue weighted by Gasteiger charge is 2.23. The van der Waals surface area contributed by atoms with Crippen LogP contribution in [0.1, 0.15) is 22.4 Å². The number of rotatable bonds is 3. The number of fused-ring (bicyclic) bond motifs is 2. The van der Waals surface area contributed by atoms with Crippen molar-refractivity contribution in [2.45, 2.75) is 26.8 Å². The van der Waals surface area contributed by atoms with E-state index in [4.69, 9.17) is 11.6 Å². The smallest absolute Gasteiger partial charge is 0.238 e. The van der Waals surface area contributed by atoms with Gasteiger partial charge in [-0.25, -0.2) is 0 Å². The first-order chi connectivity index (χ1) is 13.4. The summed E-state index contributed by atoms with van der Waals surface area (Å²) < 4.78 is 0. The molecule has 1 aromatic heterocycles. The highest BCUT2D eigenvalue weighted by atomic mass is 35.5. The summed E-state index contributed by atoms with van der Waals surface area (Å²) in [6.07, 6.45) is 0.699. The maximum absolute atomic E-state index is 13.0. The molecular weight excluding hydrogens is 374 g/mol. The van der Waals surface area contributed by atoms with Crippen LogP contribution in [0.5, 0.6) is 0 Å². The van der Waals surface area contributed by atoms with E-state index in [0.717, 1.165) is 40.1 Å². The first-order valence-corrected chi connectivity index (χ1v) is 9.72. The summed E-state index contributed by atoms with van der Waals surface area (Å²) in [4.78, 5) is 30.9. The molecule has 0 saturated heterocycles. The van der Waals surface area contributed by atoms with Crippen LogP contribution in [0, 0.1) is 13.8 Å². The Labute approximate surface area is 168 Å². The third-order valence-electron chi connectivity index (χ3n) is 5.29. The van der Waals surface area contributed by atoms with Crippen molar-refractivity contribution < 1.29 is 4.79 Å². The number of aryl methyl sites for hydroxylation is 2. The molecule has 0 aliphatic carbocycles. The van der Waals surface area contributed by atoms with Crippen molar-refractivity contribution in [3.63, 3.8) is 0 Å². The number of anilines is 1. The molecule has 0 fully saturated rings. The minimum atomic E-state index is -0.0751. The number of pyridine rings is 1. The summed E-state index contributed by atoms with van der Waals surface area (Å²) >= 11 is 6.21. The van der Waals surface area contributed by atoms with Crippen molar-refractivity contribution in [1.29, 1.82) is 0 Å². The van der Waals surface area contributed by atoms with Crippen molar-refractivity contribution in [2.24, 2.45) is 0 Å². The maximum atomic E-state index is 13.0. The largest absolute Gasteiger partial charge is 0.358 e. The first kappa shape index (κ1) is 18.7. The van der Waals surface area contributed by atoms with E-state index in [1.807, 2.05) is 43.0 Å². The number of halogens is 1. The summed E-state index contributed by atoms with van der Waals surface area (Å²) in [5.41, 5.74) is 5.28. The molecular formula is C22H22ClN3O2. The number of nitrogens with zero attached hydrogens (tertiary/aromatic N) is 1. The normalized spacial score (nSPS) is 14.1. The SMILES string of the molecule is Cc1cccc(NC(=O)CN2CCc3[nH]c4c(C)c(Cl)ccc4c(=O)c3C2)c1. The Bertz CT molecular complexity index is 1140. The second-order valence-corrected chi connectivity index (χ2v) is 7.79. The second kappa shape index (κ2) is 7.41. The highest BCUT2D eigenvalue weighted by molar-refractivity contribution is 6.32. The molecule has 2 aromatic carbocycles. The molecule has 2 heterocycles. The molecule has 5 nitrogen and oxygen atoms in total. The molecule has 3 aromatic rings. The van der Waals surface area contributed by atoms with Crippen LogP contribution < -0.4 is 10.7 Å². The van der Waals surface area contributed by atoms with E-state index < -0.39 is 0 Å². The standard InChI is InChI=1S/C22H22ClN3O2/c1-13-4-3-5-15(10-13)24-20(27)12-26-9-8-19-17(11-26)22(28)16-6-7-18(23)14(2)21(16)25-19/h3-7,10H,8-9,11-12H2,1-2H3,(H,24,27)(H,25,28). The predicted octanol–water partition coefficient (Wildman–Crippen LogP) is 3.80. The first-order valence-electron chi connectivity index (χ1n) is 9.34. The number of carbonyl (C=O) groups is 1. The molecule has 1 aliphatic heterocycles. The Kier molecular flexibility index (Phi) is 4.96. The van der Waals surface area contributed by atoms with E-state index in [-0.39, 0.29) is 17.9 Å². The van der Waals surface area contributed by atoms with Crippen LogP contribution in [0.15, 0.2) is 41.2 Å². The van der Waals surface area contributed by atoms with Gasteiger partial charge in [-0.3, -0.25) is 14.5 Å². The van der Waals surface area contributed by atoms with Gasteiger partial charge in [-0.05, 0) is 49.2 Å². The van der Waals surface area contributed by atoms with Gasteiger partial charge in [0.1, 0.15) is 0 Å². The van der Waals surface area contributed by atoms with Crippen LogP contribution in [-0.2, 0) is 17.8 Å². The monoisotopic (exact) mass is 395 g/mol. The molecule has 1 amide bonds. The Morgan fingerprint density at radius 2 is 2.07 bits per heavy atom. The van der Waals surface area contributed by atoms with Crippen LogP contribution in [0.2, 0.25) is 5.02 Å². The quantitative estimate of drug-likeness (QED) is 0.709. The molecule has 4 rings (SSSR count). The average Bonchev–Trinajstić information content (AvgIpc) is 2.66. The fraction of sp³-hybridized carbons (Fsp3) is 0.273. The number of carbonyl (C=O) groups excluding carboxylic acids is 1. The topological polar surface area (TPSA) is 65.2 Å². The summed E-state index contributed by atoms with van der Waals surface area (Å²) in [5.74, 6) is -0.0751. The van der Waals surface area contributed by atoms with E-state index in [0.29, 0.717) is 23.4 Å². The van der Waals surface area contributed by atoms with Gasteiger partial charge in [0.25, 0.3) is 0 Å². The second-order valence-electron chi connectivity index (χ2n) is 7.38. The number of amides is 1. The molecule has 28 heavy (non-hydrogen) atoms. The van der Waals surface area contributed by atoms with Crippen molar-refractivity contribution in [3.8, 4) is 0 Å². The van der Waals surface area contributed by atoms with Crippen LogP contribution in [0.4, 0.5) is 5.69 Å². The predicted molar refractivity (Wildman–Crippen MR) is 113 cm³/mol. The van der Waals surface area contributed by atoms with Crippen molar-refractivity contribution in [3.05, 3.63) is 74.0 Å². The Morgan fingerprint density at radius 3 is 2.86 bits per heavy atom. The third kappa shape index (κ3) is 3.55. The average molecular weight is 396 g/mol. The minimum Gasteiger partial charge on any atom is -0.358 e. The van der Waals surface area contributed by atoms with E-state index in [1.165, 1.54) is 0 Å². The van der Waals surface area contributed by atoms with Crippen LogP contribution >= 0.6 is 11.6 Å². The van der Waals surface area contributed by atoms with Gasteiger partial charge in [0.2, 0.25) is 5.91 Å². The van der Waals surface area contributed by atoms with Gasteiger partial charge in [0.15, 0.2) is 5.43 Å². The summed E-state index contributed by atoms with van der Waals surface area (Å²) in [6, 6.07) is 11.3. The molecule has 0 spiro atoms. The molecule has 2 N–H and O–H groups in total. The molecule has 0 bridgehead atoms. The molecule has 6 heteroatoms. The van der Waals surface area contributed by atoms with Gasteiger partial charge in [0, 0.05) is 46.9 Å². The van der Waals surface area contributed by atoms with Gasteiger partial charge in [0.05, 0.1) is 12.1 Å². The Morgan fingerprint density at radius 1 is 1.25 bits per heavy atom. The number of hydrogen-bond acceptors (Lipinski definition) is 3. The third-order valence-corrected chi connectivity index (χ3v) is 5.70. The lowest BCUT2D eigenvalue weighted by Crippen LogP contribution is -2.39. The zero-order valence-corrected chi connectivity index (χ0v) is 16.7. The zero-order valence-electron chi connectivity index (χ0n) is 15.9. The molecule has 0 saturated carbocycles. The Hall–Kier alpha value is -2.63. The van der Waals surface area contributed by atoms with Crippen LogP contribution in [0.3, 0.4) is 0 Å². The summed E-state index contributed by atoms with van der Waals surface area (Å²) in [7, 11) is 0. The van der Waals surface area contributed by atoms with Crippen molar-refractivity contribution >= 4 is 34.1 Å². The molecule has 0 atom stereocenters. The number of aromatic amines is 1. The van der Waals surface area contributed by atoms with Crippen molar-refractivity contribution in [1.82, 2.24) is 9.88 Å². The number of H-pyrrole nitrogens is 1. The maximum Gasteiger partial charge on any atom is 0.238 e. The van der Waals surface area contributed by atoms with Crippen LogP contribution in [0.25, 0.3) is 10.9 Å². The lowest BCUT2D eigenvalue weighted by Gasteiger charge is -2.28.